The van der Waals surface area contributed by atoms with E-state index in [1.165, 1.54) is 11.1 Å². The molecule has 0 spiro atoms. The van der Waals surface area contributed by atoms with Crippen molar-refractivity contribution < 1.29 is 0 Å². The van der Waals surface area contributed by atoms with Crippen molar-refractivity contribution in [3.05, 3.63) is 51.5 Å². The van der Waals surface area contributed by atoms with E-state index in [4.69, 9.17) is 5.73 Å². The van der Waals surface area contributed by atoms with Crippen LogP contribution in [-0.4, -0.2) is 4.98 Å². The van der Waals surface area contributed by atoms with Gasteiger partial charge in [-0.1, -0.05) is 38.1 Å². The minimum absolute atomic E-state index is 0.531. The molecule has 90 valence electrons. The topological polar surface area (TPSA) is 38.9 Å². The Labute approximate surface area is 107 Å². The maximum absolute atomic E-state index is 5.55. The Kier molecular flexibility index (Phi) is 3.92. The number of thiazole rings is 1. The van der Waals surface area contributed by atoms with Gasteiger partial charge < -0.3 is 5.73 Å². The first-order chi connectivity index (χ1) is 8.19. The van der Waals surface area contributed by atoms with Crippen LogP contribution in [0.25, 0.3) is 0 Å². The van der Waals surface area contributed by atoms with Gasteiger partial charge in [0.25, 0.3) is 0 Å². The molecule has 0 unspecified atom stereocenters. The molecule has 0 saturated heterocycles. The minimum atomic E-state index is 0.531. The van der Waals surface area contributed by atoms with Crippen LogP contribution in [0.4, 0.5) is 0 Å². The molecular formula is C14H18N2S. The fraction of sp³-hybridized carbons (Fsp3) is 0.357. The molecule has 0 bridgehead atoms. The molecule has 1 heterocycles. The second-order valence-corrected chi connectivity index (χ2v) is 5.45. The highest BCUT2D eigenvalue weighted by molar-refractivity contribution is 7.09. The lowest BCUT2D eigenvalue weighted by Crippen LogP contribution is -1.97. The summed E-state index contributed by atoms with van der Waals surface area (Å²) < 4.78 is 0. The molecule has 2 nitrogen and oxygen atoms in total. The number of nitrogens with zero attached hydrogens (tertiary/aromatic N) is 1. The van der Waals surface area contributed by atoms with Crippen molar-refractivity contribution in [3.63, 3.8) is 0 Å². The first-order valence-electron chi connectivity index (χ1n) is 5.91. The highest BCUT2D eigenvalue weighted by Gasteiger charge is 2.03. The van der Waals surface area contributed by atoms with E-state index < -0.39 is 0 Å². The van der Waals surface area contributed by atoms with E-state index in [2.05, 4.69) is 43.1 Å². The van der Waals surface area contributed by atoms with Crippen LogP contribution in [0.3, 0.4) is 0 Å². The molecule has 17 heavy (non-hydrogen) atoms. The summed E-state index contributed by atoms with van der Waals surface area (Å²) in [6.45, 7) is 4.95. The van der Waals surface area contributed by atoms with Crippen LogP contribution in [0.2, 0.25) is 0 Å². The van der Waals surface area contributed by atoms with Crippen LogP contribution in [0.1, 0.15) is 41.6 Å². The number of benzene rings is 1. The summed E-state index contributed by atoms with van der Waals surface area (Å²) in [5.74, 6) is 0.591. The van der Waals surface area contributed by atoms with E-state index in [0.29, 0.717) is 12.5 Å². The summed E-state index contributed by atoms with van der Waals surface area (Å²) in [5, 5.41) is 3.18. The van der Waals surface area contributed by atoms with Gasteiger partial charge >= 0.3 is 0 Å². The van der Waals surface area contributed by atoms with Crippen molar-refractivity contribution in [1.29, 1.82) is 0 Å². The molecule has 0 amide bonds. The molecule has 3 heteroatoms. The van der Waals surface area contributed by atoms with E-state index in [-0.39, 0.29) is 0 Å². The number of nitrogens with two attached hydrogens (primary N) is 1. The van der Waals surface area contributed by atoms with Crippen molar-refractivity contribution in [2.45, 2.75) is 32.7 Å². The molecule has 0 aliphatic carbocycles. The molecule has 2 aromatic rings. The Hall–Kier alpha value is -1.19. The molecule has 0 radical (unpaired) electrons. The van der Waals surface area contributed by atoms with Gasteiger partial charge in [-0.2, -0.15) is 0 Å². The smallest absolute Gasteiger partial charge is 0.0972 e. The lowest BCUT2D eigenvalue weighted by molar-refractivity contribution is 0.865. The highest BCUT2D eigenvalue weighted by Crippen LogP contribution is 2.18. The first-order valence-corrected chi connectivity index (χ1v) is 6.79. The van der Waals surface area contributed by atoms with Gasteiger partial charge in [0.1, 0.15) is 0 Å². The van der Waals surface area contributed by atoms with Crippen molar-refractivity contribution in [2.24, 2.45) is 5.73 Å². The minimum Gasteiger partial charge on any atom is -0.325 e. The molecule has 2 rings (SSSR count). The second kappa shape index (κ2) is 5.43. The molecule has 0 fully saturated rings. The third-order valence-corrected chi connectivity index (χ3v) is 3.71. The predicted octanol–water partition coefficient (Wildman–Crippen LogP) is 3.32. The lowest BCUT2D eigenvalue weighted by Gasteiger charge is -2.05. The van der Waals surface area contributed by atoms with Gasteiger partial charge in [-0.25, -0.2) is 4.98 Å². The van der Waals surface area contributed by atoms with Gasteiger partial charge in [0.15, 0.2) is 0 Å². The molecule has 0 atom stereocenters. The summed E-state index contributed by atoms with van der Waals surface area (Å²) in [4.78, 5) is 4.48. The second-order valence-electron chi connectivity index (χ2n) is 4.51. The van der Waals surface area contributed by atoms with Crippen LogP contribution in [-0.2, 0) is 13.0 Å². The zero-order valence-corrected chi connectivity index (χ0v) is 11.1. The fourth-order valence-electron chi connectivity index (χ4n) is 1.72. The zero-order valence-electron chi connectivity index (χ0n) is 10.3. The van der Waals surface area contributed by atoms with E-state index >= 15 is 0 Å². The summed E-state index contributed by atoms with van der Waals surface area (Å²) in [7, 11) is 0. The van der Waals surface area contributed by atoms with Gasteiger partial charge in [0.2, 0.25) is 0 Å². The van der Waals surface area contributed by atoms with Crippen molar-refractivity contribution in [2.75, 3.05) is 0 Å². The average molecular weight is 246 g/mol. The van der Waals surface area contributed by atoms with Gasteiger partial charge in [-0.3, -0.25) is 0 Å². The lowest BCUT2D eigenvalue weighted by atomic mass is 10.0. The Morgan fingerprint density at radius 2 is 1.94 bits per heavy atom. The zero-order chi connectivity index (χ0) is 12.3. The molecule has 0 aliphatic heterocycles. The fourth-order valence-corrected chi connectivity index (χ4v) is 2.56. The number of hydrogen-bond acceptors (Lipinski definition) is 3. The quantitative estimate of drug-likeness (QED) is 0.899. The van der Waals surface area contributed by atoms with Crippen molar-refractivity contribution >= 4 is 11.3 Å². The van der Waals surface area contributed by atoms with E-state index in [1.54, 1.807) is 11.3 Å². The maximum atomic E-state index is 5.55. The monoisotopic (exact) mass is 246 g/mol. The summed E-state index contributed by atoms with van der Waals surface area (Å²) in [6.07, 6.45) is 0.906. The van der Waals surface area contributed by atoms with Crippen LogP contribution in [0, 0.1) is 0 Å². The van der Waals surface area contributed by atoms with Crippen molar-refractivity contribution in [3.8, 4) is 0 Å². The largest absolute Gasteiger partial charge is 0.325 e. The summed E-state index contributed by atoms with van der Waals surface area (Å²) >= 11 is 1.69. The molecule has 1 aromatic carbocycles. The number of hydrogen-bond donors (Lipinski definition) is 1. The predicted molar refractivity (Wildman–Crippen MR) is 73.3 cm³/mol. The van der Waals surface area contributed by atoms with Gasteiger partial charge in [0.05, 0.1) is 10.7 Å². The Balaban J connectivity index is 2.08. The van der Waals surface area contributed by atoms with Crippen LogP contribution < -0.4 is 5.73 Å². The number of rotatable bonds is 4. The molecule has 1 aromatic heterocycles. The van der Waals surface area contributed by atoms with Crippen LogP contribution in [0.5, 0.6) is 0 Å². The highest BCUT2D eigenvalue weighted by atomic mass is 32.1. The molecule has 0 saturated carbocycles. The van der Waals surface area contributed by atoms with Gasteiger partial charge in [-0.05, 0) is 17.0 Å². The van der Waals surface area contributed by atoms with Gasteiger partial charge in [-0.15, -0.1) is 11.3 Å². The molecular weight excluding hydrogens is 228 g/mol. The summed E-state index contributed by atoms with van der Waals surface area (Å²) in [5.41, 5.74) is 9.24. The Morgan fingerprint density at radius 1 is 1.24 bits per heavy atom. The first kappa shape index (κ1) is 12.3. The Bertz CT molecular complexity index is 471. The van der Waals surface area contributed by atoms with Crippen LogP contribution >= 0.6 is 11.3 Å². The third kappa shape index (κ3) is 3.14. The SMILES string of the molecule is CC(C)c1ccc(Cc2nc(CN)cs2)cc1. The summed E-state index contributed by atoms with van der Waals surface area (Å²) in [6, 6.07) is 8.80. The standard InChI is InChI=1S/C14H18N2S/c1-10(2)12-5-3-11(4-6-12)7-14-16-13(8-15)9-17-14/h3-6,9-10H,7-8,15H2,1-2H3. The molecule has 0 aliphatic rings. The van der Waals surface area contributed by atoms with Gasteiger partial charge in [0, 0.05) is 18.3 Å². The Morgan fingerprint density at radius 3 is 2.47 bits per heavy atom. The van der Waals surface area contributed by atoms with E-state index in [0.717, 1.165) is 17.1 Å². The third-order valence-electron chi connectivity index (χ3n) is 2.81. The average Bonchev–Trinajstić information content (AvgIpc) is 2.77. The number of aromatic nitrogens is 1. The normalized spacial score (nSPS) is 11.1. The maximum Gasteiger partial charge on any atom is 0.0972 e. The van der Waals surface area contributed by atoms with E-state index in [1.807, 2.05) is 5.38 Å². The van der Waals surface area contributed by atoms with Crippen LogP contribution in [0.15, 0.2) is 29.6 Å². The molecule has 2 N–H and O–H groups in total. The van der Waals surface area contributed by atoms with Crippen molar-refractivity contribution in [1.82, 2.24) is 4.98 Å². The van der Waals surface area contributed by atoms with E-state index in [9.17, 15) is 0 Å².